The van der Waals surface area contributed by atoms with E-state index in [-0.39, 0.29) is 11.3 Å². The Bertz CT molecular complexity index is 1000. The molecule has 1 heterocycles. The maximum Gasteiger partial charge on any atom is 0.416 e. The highest BCUT2D eigenvalue weighted by Gasteiger charge is 2.30. The van der Waals surface area contributed by atoms with Gasteiger partial charge in [-0.2, -0.15) is 17.9 Å². The molecule has 0 unspecified atom stereocenters. The smallest absolute Gasteiger partial charge is 0.416 e. The second-order valence-corrected chi connectivity index (χ2v) is 6.15. The minimum Gasteiger partial charge on any atom is -0.619 e. The lowest BCUT2D eigenvalue weighted by molar-refractivity contribution is -0.605. The van der Waals surface area contributed by atoms with E-state index in [1.54, 1.807) is 30.3 Å². The van der Waals surface area contributed by atoms with Crippen molar-refractivity contribution < 1.29 is 22.7 Å². The number of alkyl halides is 3. The lowest BCUT2D eigenvalue weighted by Gasteiger charge is -2.14. The van der Waals surface area contributed by atoms with Gasteiger partial charge in [0.15, 0.2) is 12.4 Å². The molecule has 2 aromatic carbocycles. The zero-order chi connectivity index (χ0) is 20.3. The first kappa shape index (κ1) is 19.2. The molecule has 144 valence electrons. The third kappa shape index (κ3) is 4.40. The molecule has 0 aliphatic carbocycles. The van der Waals surface area contributed by atoms with Gasteiger partial charge in [0.05, 0.1) is 5.56 Å². The van der Waals surface area contributed by atoms with Crippen LogP contribution >= 0.6 is 0 Å². The lowest BCUT2D eigenvalue weighted by atomic mass is 9.98. The molecular formula is C20H16F3N3O2. The SMILES string of the molecule is Nc1cccc(C(=O)Nc2cccc(C(F)(F)F)c2)c1Cc1cc[n+]([O-])cc1. The van der Waals surface area contributed by atoms with Crippen LogP contribution in [-0.4, -0.2) is 5.91 Å². The fraction of sp³-hybridized carbons (Fsp3) is 0.100. The maximum atomic E-state index is 12.9. The molecule has 0 saturated carbocycles. The van der Waals surface area contributed by atoms with Crippen molar-refractivity contribution in [3.8, 4) is 0 Å². The molecule has 0 atom stereocenters. The van der Waals surface area contributed by atoms with Crippen molar-refractivity contribution in [2.45, 2.75) is 12.6 Å². The van der Waals surface area contributed by atoms with Crippen LogP contribution in [0.15, 0.2) is 67.0 Å². The highest BCUT2D eigenvalue weighted by Crippen LogP contribution is 2.31. The number of carbonyl (C=O) groups excluding carboxylic acids is 1. The van der Waals surface area contributed by atoms with Crippen LogP contribution in [0.5, 0.6) is 0 Å². The molecular weight excluding hydrogens is 371 g/mol. The first-order valence-corrected chi connectivity index (χ1v) is 8.28. The standard InChI is InChI=1S/C20H16F3N3O2/c21-20(22,23)14-3-1-4-15(12-14)25-19(27)16-5-2-6-18(24)17(16)11-13-7-9-26(28)10-8-13/h1-10,12H,11,24H2,(H,25,27). The highest BCUT2D eigenvalue weighted by molar-refractivity contribution is 6.06. The average Bonchev–Trinajstić information content (AvgIpc) is 2.64. The summed E-state index contributed by atoms with van der Waals surface area (Å²) in [5.74, 6) is -0.573. The van der Waals surface area contributed by atoms with Gasteiger partial charge in [0.1, 0.15) is 0 Å². The van der Waals surface area contributed by atoms with Gasteiger partial charge in [0.2, 0.25) is 0 Å². The van der Waals surface area contributed by atoms with Gasteiger partial charge in [-0.15, -0.1) is 0 Å². The van der Waals surface area contributed by atoms with Crippen molar-refractivity contribution in [2.24, 2.45) is 0 Å². The molecule has 1 amide bonds. The number of aromatic nitrogens is 1. The second kappa shape index (κ2) is 7.59. The van der Waals surface area contributed by atoms with Crippen LogP contribution in [0.2, 0.25) is 0 Å². The van der Waals surface area contributed by atoms with Crippen molar-refractivity contribution in [2.75, 3.05) is 11.1 Å². The number of anilines is 2. The Morgan fingerprint density at radius 3 is 2.43 bits per heavy atom. The molecule has 3 aromatic rings. The molecule has 0 bridgehead atoms. The number of halogens is 3. The Labute approximate surface area is 158 Å². The van der Waals surface area contributed by atoms with E-state index in [4.69, 9.17) is 5.73 Å². The van der Waals surface area contributed by atoms with E-state index in [1.807, 2.05) is 0 Å². The number of nitrogen functional groups attached to an aromatic ring is 1. The molecule has 0 spiro atoms. The predicted octanol–water partition coefficient (Wildman–Crippen LogP) is 3.76. The van der Waals surface area contributed by atoms with Gasteiger partial charge >= 0.3 is 6.18 Å². The number of amides is 1. The van der Waals surface area contributed by atoms with Gasteiger partial charge < -0.3 is 16.3 Å². The molecule has 0 fully saturated rings. The van der Waals surface area contributed by atoms with E-state index in [0.717, 1.165) is 17.7 Å². The summed E-state index contributed by atoms with van der Waals surface area (Å²) in [5, 5.41) is 13.6. The summed E-state index contributed by atoms with van der Waals surface area (Å²) < 4.78 is 39.2. The van der Waals surface area contributed by atoms with Gasteiger partial charge in [-0.25, -0.2) is 0 Å². The first-order chi connectivity index (χ1) is 13.2. The minimum absolute atomic E-state index is 0.0281. The van der Waals surface area contributed by atoms with Crippen LogP contribution < -0.4 is 15.8 Å². The van der Waals surface area contributed by atoms with Crippen molar-refractivity contribution in [3.05, 3.63) is 94.5 Å². The largest absolute Gasteiger partial charge is 0.619 e. The zero-order valence-corrected chi connectivity index (χ0v) is 14.5. The number of nitrogens with two attached hydrogens (primary N) is 1. The Morgan fingerprint density at radius 2 is 1.75 bits per heavy atom. The van der Waals surface area contributed by atoms with E-state index in [0.29, 0.717) is 22.4 Å². The number of pyridine rings is 1. The number of nitrogens with zero attached hydrogens (tertiary/aromatic N) is 1. The van der Waals surface area contributed by atoms with Crippen LogP contribution in [0.3, 0.4) is 0 Å². The van der Waals surface area contributed by atoms with Crippen LogP contribution in [0.4, 0.5) is 24.5 Å². The Balaban J connectivity index is 1.88. The summed E-state index contributed by atoms with van der Waals surface area (Å²) in [6, 6.07) is 12.4. The Morgan fingerprint density at radius 1 is 1.07 bits per heavy atom. The molecule has 8 heteroatoms. The van der Waals surface area contributed by atoms with Crippen molar-refractivity contribution >= 4 is 17.3 Å². The second-order valence-electron chi connectivity index (χ2n) is 6.15. The summed E-state index contributed by atoms with van der Waals surface area (Å²) in [7, 11) is 0. The topological polar surface area (TPSA) is 82.1 Å². The number of hydrogen-bond donors (Lipinski definition) is 2. The normalized spacial score (nSPS) is 11.2. The van der Waals surface area contributed by atoms with Gasteiger partial charge in [-0.1, -0.05) is 12.1 Å². The van der Waals surface area contributed by atoms with Gasteiger partial charge in [-0.05, 0) is 41.5 Å². The molecule has 3 rings (SSSR count). The molecule has 5 nitrogen and oxygen atoms in total. The van der Waals surface area contributed by atoms with E-state index < -0.39 is 17.6 Å². The summed E-state index contributed by atoms with van der Waals surface area (Å²) in [4.78, 5) is 12.7. The zero-order valence-electron chi connectivity index (χ0n) is 14.5. The molecule has 3 N–H and O–H groups in total. The summed E-state index contributed by atoms with van der Waals surface area (Å²) in [6.07, 6.45) is -1.55. The third-order valence-corrected chi connectivity index (χ3v) is 4.16. The van der Waals surface area contributed by atoms with Crippen LogP contribution in [-0.2, 0) is 12.6 Å². The fourth-order valence-electron chi connectivity index (χ4n) is 2.75. The molecule has 0 radical (unpaired) electrons. The van der Waals surface area contributed by atoms with Crippen LogP contribution in [0, 0.1) is 5.21 Å². The van der Waals surface area contributed by atoms with E-state index in [1.165, 1.54) is 24.5 Å². The monoisotopic (exact) mass is 387 g/mol. The van der Waals surface area contributed by atoms with Crippen molar-refractivity contribution in [1.29, 1.82) is 0 Å². The van der Waals surface area contributed by atoms with E-state index in [2.05, 4.69) is 5.32 Å². The number of rotatable bonds is 4. The molecule has 0 aliphatic heterocycles. The molecule has 1 aromatic heterocycles. The number of hydrogen-bond acceptors (Lipinski definition) is 3. The minimum atomic E-state index is -4.51. The van der Waals surface area contributed by atoms with Gasteiger partial charge in [0, 0.05) is 35.5 Å². The van der Waals surface area contributed by atoms with E-state index >= 15 is 0 Å². The van der Waals surface area contributed by atoms with Crippen molar-refractivity contribution in [1.82, 2.24) is 0 Å². The van der Waals surface area contributed by atoms with Gasteiger partial charge in [0.25, 0.3) is 5.91 Å². The fourth-order valence-corrected chi connectivity index (χ4v) is 2.75. The molecule has 0 saturated heterocycles. The van der Waals surface area contributed by atoms with E-state index in [9.17, 15) is 23.2 Å². The third-order valence-electron chi connectivity index (χ3n) is 4.16. The molecule has 28 heavy (non-hydrogen) atoms. The summed E-state index contributed by atoms with van der Waals surface area (Å²) in [6.45, 7) is 0. The maximum absolute atomic E-state index is 12.9. The Kier molecular flexibility index (Phi) is 5.21. The van der Waals surface area contributed by atoms with Crippen molar-refractivity contribution in [3.63, 3.8) is 0 Å². The average molecular weight is 387 g/mol. The number of benzene rings is 2. The quantitative estimate of drug-likeness (QED) is 0.406. The summed E-state index contributed by atoms with van der Waals surface area (Å²) in [5.41, 5.74) is 7.09. The highest BCUT2D eigenvalue weighted by atomic mass is 19.4. The van der Waals surface area contributed by atoms with Gasteiger partial charge in [-0.3, -0.25) is 4.79 Å². The first-order valence-electron chi connectivity index (χ1n) is 8.28. The number of carbonyl (C=O) groups is 1. The predicted molar refractivity (Wildman–Crippen MR) is 98.5 cm³/mol. The summed E-state index contributed by atoms with van der Waals surface area (Å²) >= 11 is 0. The number of nitrogens with one attached hydrogen (secondary N) is 1. The Hall–Kier alpha value is -3.55. The lowest BCUT2D eigenvalue weighted by Crippen LogP contribution is -2.24. The van der Waals surface area contributed by atoms with Crippen LogP contribution in [0.25, 0.3) is 0 Å². The molecule has 0 aliphatic rings. The van der Waals surface area contributed by atoms with Crippen LogP contribution in [0.1, 0.15) is 27.0 Å².